The lowest BCUT2D eigenvalue weighted by Gasteiger charge is -2.09. The number of nitrogens with one attached hydrogen (secondary N) is 1. The molecule has 18 heavy (non-hydrogen) atoms. The first-order valence-electron chi connectivity index (χ1n) is 4.90. The van der Waals surface area contributed by atoms with Gasteiger partial charge >= 0.3 is 0 Å². The molecule has 1 N–H and O–H groups in total. The molecule has 0 saturated heterocycles. The van der Waals surface area contributed by atoms with E-state index in [9.17, 15) is 4.39 Å². The van der Waals surface area contributed by atoms with Gasteiger partial charge in [0.05, 0.1) is 5.69 Å². The summed E-state index contributed by atoms with van der Waals surface area (Å²) in [6.45, 7) is 0. The summed E-state index contributed by atoms with van der Waals surface area (Å²) in [4.78, 5) is 8.21. The predicted molar refractivity (Wildman–Crippen MR) is 76.2 cm³/mol. The Morgan fingerprint density at radius 2 is 2.17 bits per heavy atom. The van der Waals surface area contributed by atoms with Crippen molar-refractivity contribution >= 4 is 50.8 Å². The molecule has 0 atom stereocenters. The minimum Gasteiger partial charge on any atom is -0.337 e. The van der Waals surface area contributed by atoms with E-state index in [1.807, 2.05) is 6.26 Å². The number of anilines is 2. The van der Waals surface area contributed by atoms with Gasteiger partial charge in [-0.3, -0.25) is 0 Å². The number of rotatable bonds is 3. The van der Waals surface area contributed by atoms with E-state index in [4.69, 9.17) is 11.6 Å². The fourth-order valence-corrected chi connectivity index (χ4v) is 2.35. The topological polar surface area (TPSA) is 37.8 Å². The van der Waals surface area contributed by atoms with Crippen molar-refractivity contribution in [3.63, 3.8) is 0 Å². The molecule has 0 radical (unpaired) electrons. The highest BCUT2D eigenvalue weighted by Gasteiger charge is 2.09. The van der Waals surface area contributed by atoms with Crippen LogP contribution in [0.4, 0.5) is 15.9 Å². The Hall–Kier alpha value is -0.850. The van der Waals surface area contributed by atoms with Gasteiger partial charge in [-0.1, -0.05) is 29.4 Å². The van der Waals surface area contributed by atoms with Crippen molar-refractivity contribution in [3.8, 4) is 0 Å². The summed E-state index contributed by atoms with van der Waals surface area (Å²) >= 11 is 10.5. The average molecular weight is 349 g/mol. The Morgan fingerprint density at radius 1 is 1.39 bits per heavy atom. The number of hydrogen-bond donors (Lipinski definition) is 1. The van der Waals surface area contributed by atoms with Crippen molar-refractivity contribution < 1.29 is 4.39 Å². The molecule has 0 fully saturated rings. The maximum atomic E-state index is 13.6. The first-order chi connectivity index (χ1) is 8.60. The minimum atomic E-state index is -0.371. The Bertz CT molecular complexity index is 562. The zero-order valence-corrected chi connectivity index (χ0v) is 12.4. The molecular formula is C11H8BrClFN3S. The zero-order valence-electron chi connectivity index (χ0n) is 9.25. The standard InChI is InChI=1S/C11H8BrClFN3S/c1-18-11-15-8(13)5-9(17-11)16-10-6(12)3-2-4-7(10)14/h2-5H,1H3,(H,15,16,17). The van der Waals surface area contributed by atoms with Gasteiger partial charge in [-0.05, 0) is 34.3 Å². The second-order valence-electron chi connectivity index (χ2n) is 3.28. The van der Waals surface area contributed by atoms with Crippen LogP contribution in [0.3, 0.4) is 0 Å². The van der Waals surface area contributed by atoms with Gasteiger partial charge in [-0.2, -0.15) is 0 Å². The third-order valence-electron chi connectivity index (χ3n) is 2.07. The summed E-state index contributed by atoms with van der Waals surface area (Å²) in [6, 6.07) is 6.26. The van der Waals surface area contributed by atoms with Crippen molar-refractivity contribution in [3.05, 3.63) is 39.7 Å². The van der Waals surface area contributed by atoms with Crippen molar-refractivity contribution in [2.75, 3.05) is 11.6 Å². The van der Waals surface area contributed by atoms with Gasteiger partial charge in [0.2, 0.25) is 0 Å². The van der Waals surface area contributed by atoms with Gasteiger partial charge in [0, 0.05) is 10.5 Å². The van der Waals surface area contributed by atoms with E-state index in [0.717, 1.165) is 0 Å². The second-order valence-corrected chi connectivity index (χ2v) is 5.30. The molecule has 0 aliphatic rings. The van der Waals surface area contributed by atoms with E-state index >= 15 is 0 Å². The molecule has 0 aliphatic carbocycles. The van der Waals surface area contributed by atoms with Gasteiger partial charge in [-0.25, -0.2) is 14.4 Å². The van der Waals surface area contributed by atoms with Crippen molar-refractivity contribution in [2.45, 2.75) is 5.16 Å². The summed E-state index contributed by atoms with van der Waals surface area (Å²) < 4.78 is 14.3. The molecule has 0 bridgehead atoms. The Morgan fingerprint density at radius 3 is 2.83 bits per heavy atom. The maximum Gasteiger partial charge on any atom is 0.190 e. The smallest absolute Gasteiger partial charge is 0.190 e. The van der Waals surface area contributed by atoms with Crippen molar-refractivity contribution in [1.82, 2.24) is 9.97 Å². The molecule has 0 saturated carbocycles. The van der Waals surface area contributed by atoms with E-state index < -0.39 is 0 Å². The van der Waals surface area contributed by atoms with Crippen molar-refractivity contribution in [1.29, 1.82) is 0 Å². The highest BCUT2D eigenvalue weighted by Crippen LogP contribution is 2.29. The molecule has 7 heteroatoms. The van der Waals surface area contributed by atoms with E-state index in [1.165, 1.54) is 17.8 Å². The number of thioether (sulfide) groups is 1. The van der Waals surface area contributed by atoms with Gasteiger partial charge in [-0.15, -0.1) is 0 Å². The first kappa shape index (κ1) is 13.6. The van der Waals surface area contributed by atoms with Crippen LogP contribution in [0, 0.1) is 5.82 Å². The SMILES string of the molecule is CSc1nc(Cl)cc(Nc2c(F)cccc2Br)n1. The summed E-state index contributed by atoms with van der Waals surface area (Å²) in [5, 5.41) is 3.72. The van der Waals surface area contributed by atoms with Crippen LogP contribution >= 0.6 is 39.3 Å². The van der Waals surface area contributed by atoms with E-state index in [1.54, 1.807) is 18.2 Å². The second kappa shape index (κ2) is 5.86. The van der Waals surface area contributed by atoms with Gasteiger partial charge < -0.3 is 5.32 Å². The van der Waals surface area contributed by atoms with Crippen LogP contribution in [-0.4, -0.2) is 16.2 Å². The monoisotopic (exact) mass is 347 g/mol. The summed E-state index contributed by atoms with van der Waals surface area (Å²) in [5.41, 5.74) is 0.319. The minimum absolute atomic E-state index is 0.310. The van der Waals surface area contributed by atoms with E-state index in [2.05, 4.69) is 31.2 Å². The highest BCUT2D eigenvalue weighted by molar-refractivity contribution is 9.10. The van der Waals surface area contributed by atoms with Crippen molar-refractivity contribution in [2.24, 2.45) is 0 Å². The number of halogens is 3. The lowest BCUT2D eigenvalue weighted by Crippen LogP contribution is -1.99. The van der Waals surface area contributed by atoms with E-state index in [-0.39, 0.29) is 5.82 Å². The van der Waals surface area contributed by atoms with E-state index in [0.29, 0.717) is 26.3 Å². The molecule has 2 rings (SSSR count). The van der Waals surface area contributed by atoms with Gasteiger partial charge in [0.25, 0.3) is 0 Å². The van der Waals surface area contributed by atoms with Crippen LogP contribution in [0.2, 0.25) is 5.15 Å². The van der Waals surface area contributed by atoms with Crippen LogP contribution in [0.15, 0.2) is 33.9 Å². The van der Waals surface area contributed by atoms with Crippen LogP contribution < -0.4 is 5.32 Å². The molecule has 0 spiro atoms. The van der Waals surface area contributed by atoms with Gasteiger partial charge in [0.15, 0.2) is 5.16 Å². The quantitative estimate of drug-likeness (QED) is 0.503. The number of hydrogen-bond acceptors (Lipinski definition) is 4. The summed E-state index contributed by atoms with van der Waals surface area (Å²) in [7, 11) is 0. The summed E-state index contributed by atoms with van der Waals surface area (Å²) in [5.74, 6) is 0.0787. The van der Waals surface area contributed by atoms with Crippen LogP contribution in [0.25, 0.3) is 0 Å². The van der Waals surface area contributed by atoms with Crippen LogP contribution in [0.1, 0.15) is 0 Å². The predicted octanol–water partition coefficient (Wildman–Crippen LogP) is 4.50. The first-order valence-corrected chi connectivity index (χ1v) is 7.29. The number of para-hydroxylation sites is 1. The third-order valence-corrected chi connectivity index (χ3v) is 3.47. The molecule has 1 aromatic carbocycles. The molecule has 94 valence electrons. The third kappa shape index (κ3) is 3.13. The highest BCUT2D eigenvalue weighted by atomic mass is 79.9. The average Bonchev–Trinajstić information content (AvgIpc) is 2.33. The normalized spacial score (nSPS) is 10.4. The van der Waals surface area contributed by atoms with Crippen LogP contribution in [-0.2, 0) is 0 Å². The molecule has 0 unspecified atom stereocenters. The molecule has 1 heterocycles. The fourth-order valence-electron chi connectivity index (χ4n) is 1.30. The van der Waals surface area contributed by atoms with Crippen LogP contribution in [0.5, 0.6) is 0 Å². The van der Waals surface area contributed by atoms with Gasteiger partial charge in [0.1, 0.15) is 16.8 Å². The molecule has 0 amide bonds. The Kier molecular flexibility index (Phi) is 4.42. The lowest BCUT2D eigenvalue weighted by molar-refractivity contribution is 0.631. The number of nitrogens with zero attached hydrogens (tertiary/aromatic N) is 2. The lowest BCUT2D eigenvalue weighted by atomic mass is 10.3. The fraction of sp³-hybridized carbons (Fsp3) is 0.0909. The zero-order chi connectivity index (χ0) is 13.1. The molecule has 1 aromatic heterocycles. The molecular weight excluding hydrogens is 341 g/mol. The Balaban J connectivity index is 2.37. The largest absolute Gasteiger partial charge is 0.337 e. The maximum absolute atomic E-state index is 13.6. The number of benzene rings is 1. The Labute approximate surface area is 121 Å². The summed E-state index contributed by atoms with van der Waals surface area (Å²) in [6.07, 6.45) is 1.84. The number of aromatic nitrogens is 2. The molecule has 0 aliphatic heterocycles. The molecule has 3 nitrogen and oxygen atoms in total. The molecule has 2 aromatic rings.